The highest BCUT2D eigenvalue weighted by molar-refractivity contribution is 7.08. The Morgan fingerprint density at radius 1 is 1.35 bits per heavy atom. The molecule has 23 heavy (non-hydrogen) atoms. The second kappa shape index (κ2) is 5.77. The SMILES string of the molecule is O=C(NCCn1ccn2nc(-c3ccco3)cc12)c1ccsc1. The molecule has 116 valence electrons. The number of carbonyl (C=O) groups is 1. The number of amides is 1. The van der Waals surface area contributed by atoms with Gasteiger partial charge in [0, 0.05) is 42.5 Å². The summed E-state index contributed by atoms with van der Waals surface area (Å²) in [6, 6.07) is 7.51. The first-order chi connectivity index (χ1) is 11.3. The van der Waals surface area contributed by atoms with Gasteiger partial charge in [0.05, 0.1) is 6.26 Å². The van der Waals surface area contributed by atoms with Crippen LogP contribution in [0.2, 0.25) is 0 Å². The van der Waals surface area contributed by atoms with Crippen LogP contribution in [0.5, 0.6) is 0 Å². The van der Waals surface area contributed by atoms with Gasteiger partial charge < -0.3 is 14.3 Å². The van der Waals surface area contributed by atoms with E-state index in [9.17, 15) is 4.79 Å². The molecule has 4 rings (SSSR count). The van der Waals surface area contributed by atoms with Gasteiger partial charge in [-0.1, -0.05) is 0 Å². The average Bonchev–Trinajstić information content (AvgIpc) is 3.32. The Balaban J connectivity index is 1.46. The van der Waals surface area contributed by atoms with Crippen molar-refractivity contribution in [2.24, 2.45) is 0 Å². The van der Waals surface area contributed by atoms with Gasteiger partial charge in [-0.3, -0.25) is 4.79 Å². The number of imidazole rings is 1. The lowest BCUT2D eigenvalue weighted by atomic mass is 10.3. The summed E-state index contributed by atoms with van der Waals surface area (Å²) in [7, 11) is 0. The lowest BCUT2D eigenvalue weighted by Gasteiger charge is -2.05. The van der Waals surface area contributed by atoms with Crippen LogP contribution in [0, 0.1) is 0 Å². The van der Waals surface area contributed by atoms with Crippen molar-refractivity contribution >= 4 is 22.9 Å². The van der Waals surface area contributed by atoms with E-state index in [-0.39, 0.29) is 5.91 Å². The van der Waals surface area contributed by atoms with Crippen LogP contribution in [0.1, 0.15) is 10.4 Å². The average molecular weight is 326 g/mol. The number of nitrogens with one attached hydrogen (secondary N) is 1. The molecular formula is C16H14N4O2S. The summed E-state index contributed by atoms with van der Waals surface area (Å²) in [5, 5.41) is 11.1. The van der Waals surface area contributed by atoms with Gasteiger partial charge in [-0.05, 0) is 23.6 Å². The Morgan fingerprint density at radius 2 is 2.30 bits per heavy atom. The number of nitrogens with zero attached hydrogens (tertiary/aromatic N) is 3. The molecule has 7 heteroatoms. The van der Waals surface area contributed by atoms with Gasteiger partial charge in [-0.15, -0.1) is 0 Å². The zero-order valence-electron chi connectivity index (χ0n) is 12.2. The minimum atomic E-state index is -0.0424. The molecule has 6 nitrogen and oxygen atoms in total. The smallest absolute Gasteiger partial charge is 0.252 e. The summed E-state index contributed by atoms with van der Waals surface area (Å²) in [6.07, 6.45) is 5.47. The number of aromatic nitrogens is 3. The van der Waals surface area contributed by atoms with Crippen LogP contribution < -0.4 is 5.32 Å². The molecule has 4 aromatic heterocycles. The Kier molecular flexibility index (Phi) is 3.47. The number of thiophene rings is 1. The number of carbonyl (C=O) groups excluding carboxylic acids is 1. The molecule has 0 saturated carbocycles. The van der Waals surface area contributed by atoms with Crippen LogP contribution in [0.15, 0.2) is 58.1 Å². The molecule has 0 aromatic carbocycles. The van der Waals surface area contributed by atoms with Crippen molar-refractivity contribution in [1.29, 1.82) is 0 Å². The van der Waals surface area contributed by atoms with E-state index in [1.165, 1.54) is 11.3 Å². The molecular weight excluding hydrogens is 312 g/mol. The van der Waals surface area contributed by atoms with E-state index in [1.54, 1.807) is 10.8 Å². The molecule has 4 heterocycles. The number of hydrogen-bond acceptors (Lipinski definition) is 4. The molecule has 1 N–H and O–H groups in total. The van der Waals surface area contributed by atoms with Crippen LogP contribution in [-0.2, 0) is 6.54 Å². The van der Waals surface area contributed by atoms with Gasteiger partial charge >= 0.3 is 0 Å². The van der Waals surface area contributed by atoms with Gasteiger partial charge in [0.25, 0.3) is 5.91 Å². The lowest BCUT2D eigenvalue weighted by Crippen LogP contribution is -2.26. The number of hydrogen-bond donors (Lipinski definition) is 1. The van der Waals surface area contributed by atoms with E-state index in [4.69, 9.17) is 4.42 Å². The first-order valence-corrected chi connectivity index (χ1v) is 8.14. The summed E-state index contributed by atoms with van der Waals surface area (Å²) in [4.78, 5) is 11.9. The summed E-state index contributed by atoms with van der Waals surface area (Å²) in [5.41, 5.74) is 2.46. The second-order valence-corrected chi connectivity index (χ2v) is 5.85. The van der Waals surface area contributed by atoms with Crippen LogP contribution in [-0.4, -0.2) is 26.6 Å². The van der Waals surface area contributed by atoms with E-state index in [0.29, 0.717) is 18.7 Å². The van der Waals surface area contributed by atoms with Gasteiger partial charge in [0.15, 0.2) is 5.76 Å². The summed E-state index contributed by atoms with van der Waals surface area (Å²) in [5.74, 6) is 0.699. The van der Waals surface area contributed by atoms with Crippen LogP contribution in [0.4, 0.5) is 0 Å². The molecule has 0 bridgehead atoms. The second-order valence-electron chi connectivity index (χ2n) is 5.07. The zero-order valence-corrected chi connectivity index (χ0v) is 13.0. The van der Waals surface area contributed by atoms with E-state index in [1.807, 2.05) is 52.0 Å². The standard InChI is InChI=1S/C16H14N4O2S/c21-16(12-3-9-23-11-12)17-4-5-19-6-7-20-15(19)10-13(18-20)14-2-1-8-22-14/h1-3,6-11H,4-5H2,(H,17,21). The molecule has 0 radical (unpaired) electrons. The highest BCUT2D eigenvalue weighted by atomic mass is 32.1. The van der Waals surface area contributed by atoms with Crippen molar-refractivity contribution in [3.63, 3.8) is 0 Å². The maximum Gasteiger partial charge on any atom is 0.252 e. The first-order valence-electron chi connectivity index (χ1n) is 7.20. The fourth-order valence-corrected chi connectivity index (χ4v) is 3.08. The summed E-state index contributed by atoms with van der Waals surface area (Å²) >= 11 is 1.52. The third-order valence-corrected chi connectivity index (χ3v) is 4.28. The van der Waals surface area contributed by atoms with E-state index in [0.717, 1.165) is 17.1 Å². The quantitative estimate of drug-likeness (QED) is 0.613. The highest BCUT2D eigenvalue weighted by Crippen LogP contribution is 2.20. The van der Waals surface area contributed by atoms with Crippen molar-refractivity contribution in [2.75, 3.05) is 6.54 Å². The number of rotatable bonds is 5. The van der Waals surface area contributed by atoms with Gasteiger partial charge in [0.1, 0.15) is 11.3 Å². The van der Waals surface area contributed by atoms with Gasteiger partial charge in [-0.25, -0.2) is 4.52 Å². The minimum absolute atomic E-state index is 0.0424. The van der Waals surface area contributed by atoms with Gasteiger partial charge in [-0.2, -0.15) is 16.4 Å². The van der Waals surface area contributed by atoms with E-state index >= 15 is 0 Å². The van der Waals surface area contributed by atoms with Crippen molar-refractivity contribution in [2.45, 2.75) is 6.54 Å². The largest absolute Gasteiger partial charge is 0.463 e. The molecule has 4 aromatic rings. The van der Waals surface area contributed by atoms with Crippen LogP contribution in [0.25, 0.3) is 17.1 Å². The summed E-state index contributed by atoms with van der Waals surface area (Å²) < 4.78 is 9.22. The predicted molar refractivity (Wildman–Crippen MR) is 87.5 cm³/mol. The van der Waals surface area contributed by atoms with Crippen molar-refractivity contribution in [1.82, 2.24) is 19.5 Å². The molecule has 0 spiro atoms. The molecule has 0 fully saturated rings. The highest BCUT2D eigenvalue weighted by Gasteiger charge is 2.10. The van der Waals surface area contributed by atoms with E-state index in [2.05, 4.69) is 10.4 Å². The fraction of sp³-hybridized carbons (Fsp3) is 0.125. The predicted octanol–water partition coefficient (Wildman–Crippen LogP) is 2.89. The molecule has 0 aliphatic rings. The Bertz CT molecular complexity index is 919. The van der Waals surface area contributed by atoms with Crippen LogP contribution in [0.3, 0.4) is 0 Å². The molecule has 0 aliphatic carbocycles. The van der Waals surface area contributed by atoms with Gasteiger partial charge in [0.2, 0.25) is 0 Å². The fourth-order valence-electron chi connectivity index (χ4n) is 2.45. The third kappa shape index (κ3) is 2.66. The maximum atomic E-state index is 11.9. The zero-order chi connectivity index (χ0) is 15.6. The third-order valence-electron chi connectivity index (χ3n) is 3.59. The van der Waals surface area contributed by atoms with Crippen LogP contribution >= 0.6 is 11.3 Å². The van der Waals surface area contributed by atoms with Crippen molar-refractivity contribution in [3.8, 4) is 11.5 Å². The number of furan rings is 1. The molecule has 1 amide bonds. The minimum Gasteiger partial charge on any atom is -0.463 e. The summed E-state index contributed by atoms with van der Waals surface area (Å²) in [6.45, 7) is 1.23. The molecule has 0 atom stereocenters. The Morgan fingerprint density at radius 3 is 3.09 bits per heavy atom. The first kappa shape index (κ1) is 13.8. The normalized spacial score (nSPS) is 11.1. The molecule has 0 aliphatic heterocycles. The maximum absolute atomic E-state index is 11.9. The monoisotopic (exact) mass is 326 g/mol. The Hall–Kier alpha value is -2.80. The molecule has 0 saturated heterocycles. The van der Waals surface area contributed by atoms with E-state index < -0.39 is 0 Å². The lowest BCUT2D eigenvalue weighted by molar-refractivity contribution is 0.0953. The Labute approximate surface area is 136 Å². The number of fused-ring (bicyclic) bond motifs is 1. The van der Waals surface area contributed by atoms with Crippen molar-refractivity contribution < 1.29 is 9.21 Å². The van der Waals surface area contributed by atoms with Crippen molar-refractivity contribution in [3.05, 3.63) is 59.2 Å². The molecule has 0 unspecified atom stereocenters. The topological polar surface area (TPSA) is 64.5 Å².